The molecule has 0 radical (unpaired) electrons. The minimum absolute atomic E-state index is 0.173. The van der Waals surface area contributed by atoms with Gasteiger partial charge in [0.05, 0.1) is 11.9 Å². The number of aromatic nitrogens is 4. The standard InChI is InChI=1S/C21H28N6O2/c1-13-9-14(2)27-20(24-13)18(11-23-27)12-26-7-5-17(6-8-26)10-22-21(28)19-15(3)25-16(4)29-19/h9,11,17H,5-8,10,12H2,1-4H3,(H,22,28). The number of piperidine rings is 1. The number of rotatable bonds is 5. The number of amides is 1. The van der Waals surface area contributed by atoms with Gasteiger partial charge in [-0.25, -0.2) is 14.5 Å². The molecule has 4 heterocycles. The highest BCUT2D eigenvalue weighted by Crippen LogP contribution is 2.21. The average molecular weight is 396 g/mol. The number of nitrogens with zero attached hydrogens (tertiary/aromatic N) is 5. The summed E-state index contributed by atoms with van der Waals surface area (Å²) in [6.07, 6.45) is 4.04. The van der Waals surface area contributed by atoms with E-state index in [9.17, 15) is 4.79 Å². The van der Waals surface area contributed by atoms with Crippen LogP contribution in [0.25, 0.3) is 5.65 Å². The lowest BCUT2D eigenvalue weighted by Crippen LogP contribution is -2.38. The fourth-order valence-corrected chi connectivity index (χ4v) is 4.08. The summed E-state index contributed by atoms with van der Waals surface area (Å²) in [4.78, 5) is 23.6. The molecular weight excluding hydrogens is 368 g/mol. The van der Waals surface area contributed by atoms with Crippen LogP contribution in [0, 0.1) is 33.6 Å². The lowest BCUT2D eigenvalue weighted by atomic mass is 9.96. The number of hydrogen-bond acceptors (Lipinski definition) is 6. The van der Waals surface area contributed by atoms with E-state index in [4.69, 9.17) is 4.42 Å². The van der Waals surface area contributed by atoms with E-state index in [1.165, 1.54) is 5.56 Å². The van der Waals surface area contributed by atoms with Gasteiger partial charge in [-0.2, -0.15) is 5.10 Å². The first-order valence-corrected chi connectivity index (χ1v) is 10.2. The molecule has 0 atom stereocenters. The zero-order chi connectivity index (χ0) is 20.5. The summed E-state index contributed by atoms with van der Waals surface area (Å²) in [5.74, 6) is 1.15. The zero-order valence-electron chi connectivity index (χ0n) is 17.5. The Hall–Kier alpha value is -2.74. The summed E-state index contributed by atoms with van der Waals surface area (Å²) in [5, 5.41) is 7.50. The third kappa shape index (κ3) is 4.17. The molecule has 8 nitrogen and oxygen atoms in total. The van der Waals surface area contributed by atoms with E-state index in [-0.39, 0.29) is 5.91 Å². The van der Waals surface area contributed by atoms with Crippen molar-refractivity contribution in [2.24, 2.45) is 5.92 Å². The highest BCUT2D eigenvalue weighted by Gasteiger charge is 2.23. The Morgan fingerprint density at radius 2 is 1.97 bits per heavy atom. The molecule has 154 valence electrons. The fraction of sp³-hybridized carbons (Fsp3) is 0.524. The molecule has 0 saturated carbocycles. The van der Waals surface area contributed by atoms with Crippen LogP contribution < -0.4 is 5.32 Å². The molecule has 1 N–H and O–H groups in total. The second kappa shape index (κ2) is 7.94. The zero-order valence-corrected chi connectivity index (χ0v) is 17.5. The summed E-state index contributed by atoms with van der Waals surface area (Å²) in [6, 6.07) is 2.05. The number of aryl methyl sites for hydroxylation is 4. The molecular formula is C21H28N6O2. The maximum Gasteiger partial charge on any atom is 0.289 e. The van der Waals surface area contributed by atoms with Gasteiger partial charge in [-0.1, -0.05) is 0 Å². The number of nitrogens with one attached hydrogen (secondary N) is 1. The molecule has 1 amide bonds. The molecule has 1 fully saturated rings. The van der Waals surface area contributed by atoms with Gasteiger partial charge in [0.1, 0.15) is 0 Å². The van der Waals surface area contributed by atoms with Crippen molar-refractivity contribution in [2.75, 3.05) is 19.6 Å². The predicted octanol–water partition coefficient (Wildman–Crippen LogP) is 2.59. The van der Waals surface area contributed by atoms with Crippen molar-refractivity contribution < 1.29 is 9.21 Å². The van der Waals surface area contributed by atoms with Gasteiger partial charge in [-0.05, 0) is 58.7 Å². The normalized spacial score (nSPS) is 15.9. The second-order valence-corrected chi connectivity index (χ2v) is 8.02. The molecule has 1 aliphatic heterocycles. The van der Waals surface area contributed by atoms with Gasteiger partial charge >= 0.3 is 0 Å². The monoisotopic (exact) mass is 396 g/mol. The lowest BCUT2D eigenvalue weighted by molar-refractivity contribution is 0.0905. The van der Waals surface area contributed by atoms with E-state index in [1.54, 1.807) is 13.8 Å². The molecule has 0 unspecified atom stereocenters. The van der Waals surface area contributed by atoms with Gasteiger partial charge in [-0.3, -0.25) is 9.69 Å². The van der Waals surface area contributed by atoms with E-state index in [1.807, 2.05) is 23.7 Å². The van der Waals surface area contributed by atoms with Gasteiger partial charge < -0.3 is 9.73 Å². The van der Waals surface area contributed by atoms with Crippen molar-refractivity contribution in [1.82, 2.24) is 29.8 Å². The minimum Gasteiger partial charge on any atom is -0.436 e. The Balaban J connectivity index is 1.30. The number of carbonyl (C=O) groups excluding carboxylic acids is 1. The first-order valence-electron chi connectivity index (χ1n) is 10.2. The SMILES string of the molecule is Cc1cc(C)n2ncc(CN3CCC(CNC(=O)c4oc(C)nc4C)CC3)c2n1. The predicted molar refractivity (Wildman–Crippen MR) is 109 cm³/mol. The van der Waals surface area contributed by atoms with Gasteiger partial charge in [0.15, 0.2) is 11.5 Å². The summed E-state index contributed by atoms with van der Waals surface area (Å²) in [7, 11) is 0. The molecule has 29 heavy (non-hydrogen) atoms. The summed E-state index contributed by atoms with van der Waals surface area (Å²) < 4.78 is 7.31. The van der Waals surface area contributed by atoms with Crippen LogP contribution in [-0.2, 0) is 6.54 Å². The number of likely N-dealkylation sites (tertiary alicyclic amines) is 1. The number of carbonyl (C=O) groups is 1. The number of fused-ring (bicyclic) bond motifs is 1. The van der Waals surface area contributed by atoms with Crippen LogP contribution in [0.5, 0.6) is 0 Å². The molecule has 0 spiro atoms. The first kappa shape index (κ1) is 19.6. The van der Waals surface area contributed by atoms with Crippen LogP contribution in [-0.4, -0.2) is 50.0 Å². The van der Waals surface area contributed by atoms with E-state index in [0.717, 1.165) is 49.5 Å². The Bertz CT molecular complexity index is 1030. The van der Waals surface area contributed by atoms with Crippen LogP contribution in [0.2, 0.25) is 0 Å². The van der Waals surface area contributed by atoms with E-state index in [0.29, 0.717) is 29.8 Å². The highest BCUT2D eigenvalue weighted by atomic mass is 16.4. The number of hydrogen-bond donors (Lipinski definition) is 1. The highest BCUT2D eigenvalue weighted by molar-refractivity contribution is 5.92. The summed E-state index contributed by atoms with van der Waals surface area (Å²) in [5.41, 5.74) is 4.88. The van der Waals surface area contributed by atoms with Crippen molar-refractivity contribution in [3.63, 3.8) is 0 Å². The van der Waals surface area contributed by atoms with Crippen LogP contribution in [0.4, 0.5) is 0 Å². The second-order valence-electron chi connectivity index (χ2n) is 8.02. The maximum atomic E-state index is 12.3. The lowest BCUT2D eigenvalue weighted by Gasteiger charge is -2.31. The topological polar surface area (TPSA) is 88.6 Å². The molecule has 0 bridgehead atoms. The largest absolute Gasteiger partial charge is 0.436 e. The Morgan fingerprint density at radius 1 is 1.21 bits per heavy atom. The smallest absolute Gasteiger partial charge is 0.289 e. The molecule has 3 aromatic rings. The Labute approximate surface area is 170 Å². The van der Waals surface area contributed by atoms with Crippen molar-refractivity contribution in [3.8, 4) is 0 Å². The quantitative estimate of drug-likeness (QED) is 0.713. The van der Waals surface area contributed by atoms with Crippen LogP contribution in [0.3, 0.4) is 0 Å². The average Bonchev–Trinajstić information content (AvgIpc) is 3.23. The van der Waals surface area contributed by atoms with Crippen LogP contribution >= 0.6 is 0 Å². The van der Waals surface area contributed by atoms with Crippen molar-refractivity contribution >= 4 is 11.6 Å². The molecule has 1 saturated heterocycles. The molecule has 0 aromatic carbocycles. The molecule has 3 aromatic heterocycles. The van der Waals surface area contributed by atoms with Crippen LogP contribution in [0.15, 0.2) is 16.7 Å². The van der Waals surface area contributed by atoms with Crippen molar-refractivity contribution in [2.45, 2.75) is 47.1 Å². The molecule has 1 aliphatic rings. The van der Waals surface area contributed by atoms with Gasteiger partial charge in [0.2, 0.25) is 5.76 Å². The molecule has 8 heteroatoms. The van der Waals surface area contributed by atoms with Crippen molar-refractivity contribution in [3.05, 3.63) is 46.6 Å². The Morgan fingerprint density at radius 3 is 2.66 bits per heavy atom. The summed E-state index contributed by atoms with van der Waals surface area (Å²) >= 11 is 0. The number of oxazole rings is 1. The van der Waals surface area contributed by atoms with Gasteiger partial charge in [0, 0.05) is 37.0 Å². The maximum absolute atomic E-state index is 12.3. The van der Waals surface area contributed by atoms with Gasteiger partial charge in [0.25, 0.3) is 5.91 Å². The van der Waals surface area contributed by atoms with E-state index >= 15 is 0 Å². The third-order valence-electron chi connectivity index (χ3n) is 5.61. The van der Waals surface area contributed by atoms with Crippen molar-refractivity contribution in [1.29, 1.82) is 0 Å². The minimum atomic E-state index is -0.173. The third-order valence-corrected chi connectivity index (χ3v) is 5.61. The van der Waals surface area contributed by atoms with E-state index < -0.39 is 0 Å². The van der Waals surface area contributed by atoms with E-state index in [2.05, 4.69) is 32.2 Å². The van der Waals surface area contributed by atoms with Crippen LogP contribution in [0.1, 0.15) is 51.9 Å². The van der Waals surface area contributed by atoms with Gasteiger partial charge in [-0.15, -0.1) is 0 Å². The summed E-state index contributed by atoms with van der Waals surface area (Å²) in [6.45, 7) is 11.2. The Kier molecular flexibility index (Phi) is 5.36. The fourth-order valence-electron chi connectivity index (χ4n) is 4.08. The molecule has 0 aliphatic carbocycles. The first-order chi connectivity index (χ1) is 13.9. The molecule has 4 rings (SSSR count).